The van der Waals surface area contributed by atoms with Crippen LogP contribution in [-0.2, 0) is 4.74 Å². The third-order valence-electron chi connectivity index (χ3n) is 4.07. The molecule has 4 nitrogen and oxygen atoms in total. The average molecular weight is 237 g/mol. The monoisotopic (exact) mass is 237 g/mol. The Morgan fingerprint density at radius 2 is 2.12 bits per heavy atom. The summed E-state index contributed by atoms with van der Waals surface area (Å²) in [5.74, 6) is 0. The van der Waals surface area contributed by atoms with E-state index in [1.54, 1.807) is 0 Å². The summed E-state index contributed by atoms with van der Waals surface area (Å²) in [6.07, 6.45) is 3.01. The minimum absolute atomic E-state index is 0.464. The van der Waals surface area contributed by atoms with Crippen molar-refractivity contribution in [3.63, 3.8) is 0 Å². The van der Waals surface area contributed by atoms with Crippen LogP contribution in [0.3, 0.4) is 0 Å². The summed E-state index contributed by atoms with van der Waals surface area (Å²) in [5.41, 5.74) is 0. The minimum Gasteiger partial charge on any atom is -0.379 e. The van der Waals surface area contributed by atoms with Crippen molar-refractivity contribution in [1.29, 1.82) is 5.26 Å². The Labute approximate surface area is 104 Å². The van der Waals surface area contributed by atoms with Gasteiger partial charge in [0.2, 0.25) is 0 Å². The van der Waals surface area contributed by atoms with Crippen LogP contribution in [0.25, 0.3) is 0 Å². The molecule has 96 valence electrons. The molecule has 0 aromatic carbocycles. The molecule has 0 N–H and O–H groups in total. The van der Waals surface area contributed by atoms with Crippen LogP contribution in [0.5, 0.6) is 0 Å². The van der Waals surface area contributed by atoms with Crippen LogP contribution in [0.2, 0.25) is 0 Å². The molecule has 0 amide bonds. The molecule has 4 heteroatoms. The first-order chi connectivity index (χ1) is 8.35. The zero-order valence-electron chi connectivity index (χ0n) is 10.8. The number of morpholine rings is 1. The van der Waals surface area contributed by atoms with Crippen LogP contribution in [0.15, 0.2) is 0 Å². The van der Waals surface area contributed by atoms with E-state index in [1.807, 2.05) is 0 Å². The molecule has 0 bridgehead atoms. The van der Waals surface area contributed by atoms with E-state index in [-0.39, 0.29) is 0 Å². The average Bonchev–Trinajstić information content (AvgIpc) is 2.86. The summed E-state index contributed by atoms with van der Waals surface area (Å²) in [7, 11) is 0. The molecule has 2 fully saturated rings. The normalized spacial score (nSPS) is 29.1. The molecule has 2 aliphatic heterocycles. The number of likely N-dealkylation sites (tertiary alicyclic amines) is 1. The summed E-state index contributed by atoms with van der Waals surface area (Å²) in [4.78, 5) is 5.06. The fourth-order valence-corrected chi connectivity index (χ4v) is 2.98. The van der Waals surface area contributed by atoms with Gasteiger partial charge in [-0.1, -0.05) is 6.92 Å². The zero-order chi connectivity index (χ0) is 12.1. The van der Waals surface area contributed by atoms with Gasteiger partial charge in [0.05, 0.1) is 25.7 Å². The van der Waals surface area contributed by atoms with Gasteiger partial charge in [-0.3, -0.25) is 9.80 Å². The van der Waals surface area contributed by atoms with E-state index in [2.05, 4.69) is 22.8 Å². The van der Waals surface area contributed by atoms with Crippen molar-refractivity contribution >= 4 is 0 Å². The molecule has 0 saturated carbocycles. The summed E-state index contributed by atoms with van der Waals surface area (Å²) in [5, 5.41) is 8.84. The molecule has 2 unspecified atom stereocenters. The Morgan fingerprint density at radius 1 is 1.35 bits per heavy atom. The summed E-state index contributed by atoms with van der Waals surface area (Å²) in [6.45, 7) is 8.39. The first kappa shape index (κ1) is 12.8. The van der Waals surface area contributed by atoms with Crippen LogP contribution in [0, 0.1) is 11.3 Å². The molecule has 2 aliphatic rings. The second-order valence-electron chi connectivity index (χ2n) is 5.01. The van der Waals surface area contributed by atoms with Crippen molar-refractivity contribution in [2.24, 2.45) is 0 Å². The minimum atomic E-state index is 0.464. The highest BCUT2D eigenvalue weighted by Gasteiger charge is 2.31. The van der Waals surface area contributed by atoms with Gasteiger partial charge in [0, 0.05) is 38.3 Å². The number of nitriles is 1. The van der Waals surface area contributed by atoms with E-state index >= 15 is 0 Å². The van der Waals surface area contributed by atoms with Gasteiger partial charge < -0.3 is 4.74 Å². The van der Waals surface area contributed by atoms with Gasteiger partial charge in [-0.15, -0.1) is 0 Å². The van der Waals surface area contributed by atoms with Gasteiger partial charge in [0.1, 0.15) is 0 Å². The summed E-state index contributed by atoms with van der Waals surface area (Å²) >= 11 is 0. The molecule has 2 rings (SSSR count). The van der Waals surface area contributed by atoms with E-state index in [4.69, 9.17) is 10.00 Å². The van der Waals surface area contributed by atoms with Gasteiger partial charge >= 0.3 is 0 Å². The Hall–Kier alpha value is -0.630. The van der Waals surface area contributed by atoms with Crippen LogP contribution in [0.4, 0.5) is 0 Å². The van der Waals surface area contributed by atoms with Crippen molar-refractivity contribution in [2.45, 2.75) is 38.3 Å². The molecule has 0 aromatic rings. The fourth-order valence-electron chi connectivity index (χ4n) is 2.98. The van der Waals surface area contributed by atoms with Crippen LogP contribution in [-0.4, -0.2) is 61.3 Å². The molecule has 0 spiro atoms. The molecule has 2 atom stereocenters. The molecule has 0 radical (unpaired) electrons. The Kier molecular flexibility index (Phi) is 4.78. The summed E-state index contributed by atoms with van der Waals surface area (Å²) < 4.78 is 5.39. The lowest BCUT2D eigenvalue weighted by atomic mass is 10.1. The van der Waals surface area contributed by atoms with Crippen molar-refractivity contribution in [3.8, 4) is 6.07 Å². The molecular weight excluding hydrogens is 214 g/mol. The van der Waals surface area contributed by atoms with E-state index < -0.39 is 0 Å². The number of hydrogen-bond acceptors (Lipinski definition) is 4. The van der Waals surface area contributed by atoms with Crippen LogP contribution < -0.4 is 0 Å². The van der Waals surface area contributed by atoms with E-state index in [1.165, 1.54) is 6.42 Å². The lowest BCUT2D eigenvalue weighted by molar-refractivity contribution is 0.0176. The maximum Gasteiger partial charge on any atom is 0.0638 e. The van der Waals surface area contributed by atoms with Gasteiger partial charge in [-0.05, 0) is 12.8 Å². The topological polar surface area (TPSA) is 39.5 Å². The second-order valence-corrected chi connectivity index (χ2v) is 5.01. The van der Waals surface area contributed by atoms with Crippen molar-refractivity contribution < 1.29 is 4.74 Å². The van der Waals surface area contributed by atoms with Crippen molar-refractivity contribution in [1.82, 2.24) is 9.80 Å². The Balaban J connectivity index is 1.83. The predicted octanol–water partition coefficient (Wildman–Crippen LogP) is 1.09. The highest BCUT2D eigenvalue weighted by atomic mass is 16.5. The maximum absolute atomic E-state index is 8.84. The van der Waals surface area contributed by atoms with Gasteiger partial charge in [0.25, 0.3) is 0 Å². The van der Waals surface area contributed by atoms with Crippen LogP contribution >= 0.6 is 0 Å². The third kappa shape index (κ3) is 3.19. The Bertz CT molecular complexity index is 270. The molecule has 2 saturated heterocycles. The molecule has 2 heterocycles. The first-order valence-corrected chi connectivity index (χ1v) is 6.78. The van der Waals surface area contributed by atoms with Gasteiger partial charge in [0.15, 0.2) is 0 Å². The van der Waals surface area contributed by atoms with E-state index in [0.29, 0.717) is 18.5 Å². The standard InChI is InChI=1S/C13H23N3O/c1-2-12(3-5-14)16-6-4-13(11-16)15-7-9-17-10-8-15/h12-13H,2-4,6-11H2,1H3. The van der Waals surface area contributed by atoms with Gasteiger partial charge in [-0.2, -0.15) is 5.26 Å². The molecule has 0 aliphatic carbocycles. The number of nitrogens with zero attached hydrogens (tertiary/aromatic N) is 3. The molecular formula is C13H23N3O. The number of hydrogen-bond donors (Lipinski definition) is 0. The third-order valence-corrected chi connectivity index (χ3v) is 4.07. The fraction of sp³-hybridized carbons (Fsp3) is 0.923. The smallest absolute Gasteiger partial charge is 0.0638 e. The van der Waals surface area contributed by atoms with Crippen LogP contribution in [0.1, 0.15) is 26.2 Å². The Morgan fingerprint density at radius 3 is 2.76 bits per heavy atom. The number of rotatable bonds is 4. The van der Waals surface area contributed by atoms with Crippen molar-refractivity contribution in [2.75, 3.05) is 39.4 Å². The predicted molar refractivity (Wildman–Crippen MR) is 66.7 cm³/mol. The lowest BCUT2D eigenvalue weighted by Crippen LogP contribution is -2.45. The highest BCUT2D eigenvalue weighted by Crippen LogP contribution is 2.21. The molecule has 17 heavy (non-hydrogen) atoms. The van der Waals surface area contributed by atoms with E-state index in [9.17, 15) is 0 Å². The second kappa shape index (κ2) is 6.34. The summed E-state index contributed by atoms with van der Waals surface area (Å²) in [6, 6.07) is 3.47. The largest absolute Gasteiger partial charge is 0.379 e. The lowest BCUT2D eigenvalue weighted by Gasteiger charge is -2.33. The first-order valence-electron chi connectivity index (χ1n) is 6.78. The maximum atomic E-state index is 8.84. The van der Waals surface area contributed by atoms with Crippen molar-refractivity contribution in [3.05, 3.63) is 0 Å². The van der Waals surface area contributed by atoms with E-state index in [0.717, 1.165) is 45.8 Å². The quantitative estimate of drug-likeness (QED) is 0.733. The number of ether oxygens (including phenoxy) is 1. The highest BCUT2D eigenvalue weighted by molar-refractivity contribution is 4.90. The zero-order valence-corrected chi connectivity index (χ0v) is 10.8. The SMILES string of the molecule is CCC(CC#N)N1CCC(N2CCOCC2)C1. The molecule has 0 aromatic heterocycles. The van der Waals surface area contributed by atoms with Gasteiger partial charge in [-0.25, -0.2) is 0 Å².